The summed E-state index contributed by atoms with van der Waals surface area (Å²) in [6.07, 6.45) is 1.10. The van der Waals surface area contributed by atoms with Crippen molar-refractivity contribution < 1.29 is 9.53 Å². The zero-order valence-electron chi connectivity index (χ0n) is 14.3. The predicted molar refractivity (Wildman–Crippen MR) is 91.5 cm³/mol. The molecule has 4 heteroatoms. The quantitative estimate of drug-likeness (QED) is 0.868. The van der Waals surface area contributed by atoms with Crippen LogP contribution in [-0.2, 0) is 0 Å². The first kappa shape index (κ1) is 15.7. The van der Waals surface area contributed by atoms with E-state index in [0.29, 0.717) is 5.92 Å². The number of rotatable bonds is 3. The third kappa shape index (κ3) is 2.85. The molecule has 1 aliphatic rings. The molecule has 0 aliphatic carbocycles. The number of hydrogen-bond acceptors (Lipinski definition) is 2. The zero-order valence-corrected chi connectivity index (χ0v) is 14.3. The van der Waals surface area contributed by atoms with Crippen molar-refractivity contribution in [2.24, 2.45) is 5.92 Å². The first-order chi connectivity index (χ1) is 11.0. The molecule has 0 spiro atoms. The minimum absolute atomic E-state index is 0.155. The van der Waals surface area contributed by atoms with Crippen LogP contribution in [0.2, 0.25) is 0 Å². The molecule has 1 atom stereocenters. The molecular weight excluding hydrogens is 288 g/mol. The third-order valence-corrected chi connectivity index (χ3v) is 4.70. The summed E-state index contributed by atoms with van der Waals surface area (Å²) < 4.78 is 7.35. The van der Waals surface area contributed by atoms with Gasteiger partial charge in [0.05, 0.1) is 12.7 Å². The van der Waals surface area contributed by atoms with E-state index in [-0.39, 0.29) is 5.91 Å². The van der Waals surface area contributed by atoms with Crippen molar-refractivity contribution in [1.82, 2.24) is 9.47 Å². The number of carbonyl (C=O) groups excluding carboxylic acids is 1. The number of carbonyl (C=O) groups is 1. The summed E-state index contributed by atoms with van der Waals surface area (Å²) in [7, 11) is 1.66. The van der Waals surface area contributed by atoms with E-state index in [1.807, 2.05) is 49.1 Å². The number of hydrogen-bond donors (Lipinski definition) is 0. The third-order valence-electron chi connectivity index (χ3n) is 4.70. The second-order valence-electron chi connectivity index (χ2n) is 6.46. The summed E-state index contributed by atoms with van der Waals surface area (Å²) in [4.78, 5) is 14.8. The largest absolute Gasteiger partial charge is 0.497 e. The average Bonchev–Trinajstić information content (AvgIpc) is 3.10. The summed E-state index contributed by atoms with van der Waals surface area (Å²) in [5, 5.41) is 0. The molecule has 0 saturated carbocycles. The van der Waals surface area contributed by atoms with Gasteiger partial charge in [-0.2, -0.15) is 0 Å². The van der Waals surface area contributed by atoms with E-state index in [9.17, 15) is 4.79 Å². The number of aryl methyl sites for hydroxylation is 1. The summed E-state index contributed by atoms with van der Waals surface area (Å²) in [6, 6.07) is 9.93. The van der Waals surface area contributed by atoms with Gasteiger partial charge in [0.2, 0.25) is 0 Å². The van der Waals surface area contributed by atoms with Crippen LogP contribution in [0.4, 0.5) is 0 Å². The van der Waals surface area contributed by atoms with Crippen LogP contribution in [-0.4, -0.2) is 35.6 Å². The van der Waals surface area contributed by atoms with Gasteiger partial charge in [-0.25, -0.2) is 0 Å². The van der Waals surface area contributed by atoms with Crippen LogP contribution in [0.25, 0.3) is 5.69 Å². The molecule has 1 amide bonds. The number of aromatic nitrogens is 1. The van der Waals surface area contributed by atoms with Crippen molar-refractivity contribution in [2.45, 2.75) is 27.2 Å². The Morgan fingerprint density at radius 1 is 1.22 bits per heavy atom. The topological polar surface area (TPSA) is 34.5 Å². The van der Waals surface area contributed by atoms with Crippen LogP contribution in [0, 0.1) is 19.8 Å². The Morgan fingerprint density at radius 2 is 1.91 bits per heavy atom. The molecule has 0 bridgehead atoms. The molecular formula is C19H24N2O2. The highest BCUT2D eigenvalue weighted by Gasteiger charge is 2.27. The lowest BCUT2D eigenvalue weighted by molar-refractivity contribution is 0.0787. The number of nitrogens with zero attached hydrogens (tertiary/aromatic N) is 2. The lowest BCUT2D eigenvalue weighted by Gasteiger charge is -2.16. The van der Waals surface area contributed by atoms with Crippen LogP contribution in [0.5, 0.6) is 5.75 Å². The summed E-state index contributed by atoms with van der Waals surface area (Å²) >= 11 is 0. The highest BCUT2D eigenvalue weighted by atomic mass is 16.5. The van der Waals surface area contributed by atoms with E-state index < -0.39 is 0 Å². The number of methoxy groups -OCH3 is 1. The molecule has 0 radical (unpaired) electrons. The average molecular weight is 312 g/mol. The molecule has 1 aliphatic heterocycles. The Balaban J connectivity index is 1.94. The van der Waals surface area contributed by atoms with Gasteiger partial charge in [0.1, 0.15) is 5.75 Å². The second-order valence-corrected chi connectivity index (χ2v) is 6.46. The van der Waals surface area contributed by atoms with Crippen LogP contribution < -0.4 is 4.74 Å². The fourth-order valence-corrected chi connectivity index (χ4v) is 3.40. The fourth-order valence-electron chi connectivity index (χ4n) is 3.40. The van der Waals surface area contributed by atoms with Crippen LogP contribution in [0.3, 0.4) is 0 Å². The van der Waals surface area contributed by atoms with Crippen LogP contribution in [0.15, 0.2) is 30.3 Å². The van der Waals surface area contributed by atoms with Crippen molar-refractivity contribution in [1.29, 1.82) is 0 Å². The molecule has 1 fully saturated rings. The van der Waals surface area contributed by atoms with Crippen molar-refractivity contribution in [3.63, 3.8) is 0 Å². The maximum atomic E-state index is 12.8. The molecule has 3 rings (SSSR count). The van der Waals surface area contributed by atoms with E-state index in [1.54, 1.807) is 7.11 Å². The molecule has 1 aromatic carbocycles. The first-order valence-electron chi connectivity index (χ1n) is 8.14. The Labute approximate surface area is 137 Å². The summed E-state index contributed by atoms with van der Waals surface area (Å²) in [5.74, 6) is 1.59. The Bertz CT molecular complexity index is 716. The van der Waals surface area contributed by atoms with Crippen molar-refractivity contribution in [3.05, 3.63) is 47.3 Å². The van der Waals surface area contributed by atoms with Crippen LogP contribution in [0.1, 0.15) is 35.1 Å². The van der Waals surface area contributed by atoms with Crippen LogP contribution >= 0.6 is 0 Å². The molecule has 0 N–H and O–H groups in total. The zero-order chi connectivity index (χ0) is 16.6. The number of amides is 1. The Kier molecular flexibility index (Phi) is 4.16. The Hall–Kier alpha value is -2.23. The molecule has 1 unspecified atom stereocenters. The van der Waals surface area contributed by atoms with E-state index in [2.05, 4.69) is 11.5 Å². The van der Waals surface area contributed by atoms with Crippen molar-refractivity contribution in [3.8, 4) is 11.4 Å². The lowest BCUT2D eigenvalue weighted by atomic mass is 10.2. The van der Waals surface area contributed by atoms with E-state index in [1.165, 1.54) is 0 Å². The normalized spacial score (nSPS) is 17.6. The maximum absolute atomic E-state index is 12.8. The molecule has 1 saturated heterocycles. The molecule has 2 aromatic rings. The minimum atomic E-state index is 0.155. The van der Waals surface area contributed by atoms with Gasteiger partial charge in [-0.05, 0) is 56.5 Å². The van der Waals surface area contributed by atoms with Crippen molar-refractivity contribution >= 4 is 5.91 Å². The van der Waals surface area contributed by atoms with Gasteiger partial charge in [0.15, 0.2) is 0 Å². The van der Waals surface area contributed by atoms with Crippen molar-refractivity contribution in [2.75, 3.05) is 20.2 Å². The van der Waals surface area contributed by atoms with Gasteiger partial charge in [-0.15, -0.1) is 0 Å². The number of ether oxygens (including phenoxy) is 1. The molecule has 2 heterocycles. The van der Waals surface area contributed by atoms with Gasteiger partial charge in [0.25, 0.3) is 5.91 Å². The lowest BCUT2D eigenvalue weighted by Crippen LogP contribution is -2.28. The SMILES string of the molecule is COc1ccc(-n2c(C)cc(C(=O)N3CCC(C)C3)c2C)cc1. The predicted octanol–water partition coefficient (Wildman–Crippen LogP) is 3.58. The van der Waals surface area contributed by atoms with Gasteiger partial charge in [0, 0.05) is 30.2 Å². The van der Waals surface area contributed by atoms with E-state index in [4.69, 9.17) is 4.74 Å². The number of likely N-dealkylation sites (tertiary alicyclic amines) is 1. The molecule has 23 heavy (non-hydrogen) atoms. The highest BCUT2D eigenvalue weighted by Crippen LogP contribution is 2.25. The highest BCUT2D eigenvalue weighted by molar-refractivity contribution is 5.96. The second kappa shape index (κ2) is 6.11. The summed E-state index contributed by atoms with van der Waals surface area (Å²) in [5.41, 5.74) is 3.93. The number of benzene rings is 1. The molecule has 1 aromatic heterocycles. The molecule has 122 valence electrons. The standard InChI is InChI=1S/C19H24N2O2/c1-13-9-10-20(12-13)19(22)18-11-14(2)21(15(18)3)16-5-7-17(23-4)8-6-16/h5-8,11,13H,9-10,12H2,1-4H3. The summed E-state index contributed by atoms with van der Waals surface area (Å²) in [6.45, 7) is 8.00. The minimum Gasteiger partial charge on any atom is -0.497 e. The monoisotopic (exact) mass is 312 g/mol. The Morgan fingerprint density at radius 3 is 2.48 bits per heavy atom. The fraction of sp³-hybridized carbons (Fsp3) is 0.421. The van der Waals surface area contributed by atoms with E-state index >= 15 is 0 Å². The van der Waals surface area contributed by atoms with Gasteiger partial charge in [-0.1, -0.05) is 6.92 Å². The first-order valence-corrected chi connectivity index (χ1v) is 8.14. The van der Waals surface area contributed by atoms with Gasteiger partial charge in [-0.3, -0.25) is 4.79 Å². The molecule has 4 nitrogen and oxygen atoms in total. The van der Waals surface area contributed by atoms with Gasteiger partial charge < -0.3 is 14.2 Å². The maximum Gasteiger partial charge on any atom is 0.255 e. The van der Waals surface area contributed by atoms with E-state index in [0.717, 1.165) is 47.9 Å². The smallest absolute Gasteiger partial charge is 0.255 e. The van der Waals surface area contributed by atoms with Gasteiger partial charge >= 0.3 is 0 Å².